The van der Waals surface area contributed by atoms with Gasteiger partial charge in [0.2, 0.25) is 0 Å². The maximum atomic E-state index is 12.6. The molecule has 1 N–H and O–H groups in total. The maximum Gasteiger partial charge on any atom is 0.416 e. The molecule has 0 radical (unpaired) electrons. The zero-order valence-electron chi connectivity index (χ0n) is 10.2. The smallest absolute Gasteiger partial charge is 0.416 e. The van der Waals surface area contributed by atoms with Crippen LogP contribution >= 0.6 is 11.6 Å². The fraction of sp³-hybridized carbons (Fsp3) is 0.0769. The van der Waals surface area contributed by atoms with Crippen LogP contribution in [0.4, 0.5) is 18.9 Å². The summed E-state index contributed by atoms with van der Waals surface area (Å²) in [6, 6.07) is 4.76. The molecule has 0 unspecified atom stereocenters. The van der Waals surface area contributed by atoms with Gasteiger partial charge in [0.15, 0.2) is 0 Å². The van der Waals surface area contributed by atoms with Gasteiger partial charge in [0, 0.05) is 6.07 Å². The van der Waals surface area contributed by atoms with E-state index < -0.39 is 23.3 Å². The Morgan fingerprint density at radius 2 is 1.90 bits per heavy atom. The van der Waals surface area contributed by atoms with Gasteiger partial charge in [-0.3, -0.25) is 4.79 Å². The number of carbonyl (C=O) groups excluding carboxylic acids is 1. The average molecular weight is 318 g/mol. The maximum absolute atomic E-state index is 12.6. The van der Waals surface area contributed by atoms with Crippen molar-refractivity contribution in [2.75, 3.05) is 5.32 Å². The Kier molecular flexibility index (Phi) is 4.04. The number of hydrogen-bond donors (Lipinski definition) is 1. The van der Waals surface area contributed by atoms with Crippen molar-refractivity contribution in [3.8, 4) is 0 Å². The van der Waals surface area contributed by atoms with Gasteiger partial charge >= 0.3 is 11.8 Å². The van der Waals surface area contributed by atoms with Gasteiger partial charge in [-0.05, 0) is 24.3 Å². The van der Waals surface area contributed by atoms with Crippen LogP contribution in [-0.2, 0) is 6.18 Å². The molecule has 1 heterocycles. The fourth-order valence-corrected chi connectivity index (χ4v) is 1.64. The number of benzene rings is 1. The van der Waals surface area contributed by atoms with Crippen molar-refractivity contribution in [2.24, 2.45) is 0 Å². The summed E-state index contributed by atoms with van der Waals surface area (Å²) in [6.07, 6.45) is -3.65. The molecule has 0 saturated heterocycles. The van der Waals surface area contributed by atoms with E-state index in [0.717, 1.165) is 30.5 Å². The molecule has 0 fully saturated rings. The molecule has 21 heavy (non-hydrogen) atoms. The molecule has 2 rings (SSSR count). The van der Waals surface area contributed by atoms with Crippen LogP contribution in [0.25, 0.3) is 0 Å². The molecule has 0 saturated carbocycles. The Balaban J connectivity index is 2.28. The van der Waals surface area contributed by atoms with Gasteiger partial charge in [0.05, 0.1) is 21.8 Å². The lowest BCUT2D eigenvalue weighted by Gasteiger charge is -2.11. The number of amides is 1. The standard InChI is InChI=1S/C13H7ClF3NO3/c14-9-3-2-8(13(15,16)17)5-10(9)18-12(20)7-1-4-11(19)21-6-7/h1-6H,(H,18,20). The second-order valence-corrected chi connectivity index (χ2v) is 4.40. The van der Waals surface area contributed by atoms with E-state index in [1.807, 2.05) is 0 Å². The highest BCUT2D eigenvalue weighted by atomic mass is 35.5. The summed E-state index contributed by atoms with van der Waals surface area (Å²) in [5.74, 6) is -0.750. The Morgan fingerprint density at radius 3 is 2.48 bits per heavy atom. The summed E-state index contributed by atoms with van der Waals surface area (Å²) < 4.78 is 42.3. The topological polar surface area (TPSA) is 59.3 Å². The van der Waals surface area contributed by atoms with Crippen LogP contribution in [-0.4, -0.2) is 5.91 Å². The van der Waals surface area contributed by atoms with Crippen molar-refractivity contribution in [2.45, 2.75) is 6.18 Å². The molecule has 1 amide bonds. The third kappa shape index (κ3) is 3.63. The average Bonchev–Trinajstić information content (AvgIpc) is 2.40. The molecular formula is C13H7ClF3NO3. The van der Waals surface area contributed by atoms with Crippen molar-refractivity contribution in [1.82, 2.24) is 0 Å². The number of anilines is 1. The van der Waals surface area contributed by atoms with Gasteiger partial charge in [-0.25, -0.2) is 4.79 Å². The van der Waals surface area contributed by atoms with Gasteiger partial charge in [0.1, 0.15) is 6.26 Å². The minimum atomic E-state index is -4.55. The number of hydrogen-bond acceptors (Lipinski definition) is 3. The predicted octanol–water partition coefficient (Wildman–Crippen LogP) is 3.56. The predicted molar refractivity (Wildman–Crippen MR) is 69.4 cm³/mol. The molecule has 2 aromatic rings. The molecule has 0 bridgehead atoms. The molecule has 1 aromatic heterocycles. The zero-order valence-corrected chi connectivity index (χ0v) is 11.0. The first-order valence-electron chi connectivity index (χ1n) is 5.54. The number of rotatable bonds is 2. The minimum Gasteiger partial charge on any atom is -0.430 e. The first kappa shape index (κ1) is 15.1. The third-order valence-electron chi connectivity index (χ3n) is 2.51. The SMILES string of the molecule is O=C(Nc1cc(C(F)(F)F)ccc1Cl)c1ccc(=O)oc1. The highest BCUT2D eigenvalue weighted by Gasteiger charge is 2.31. The van der Waals surface area contributed by atoms with Crippen molar-refractivity contribution in [1.29, 1.82) is 0 Å². The largest absolute Gasteiger partial charge is 0.430 e. The number of nitrogens with one attached hydrogen (secondary N) is 1. The Bertz CT molecular complexity index is 720. The number of alkyl halides is 3. The molecule has 0 aliphatic carbocycles. The van der Waals surface area contributed by atoms with Gasteiger partial charge in [-0.1, -0.05) is 11.6 Å². The highest BCUT2D eigenvalue weighted by Crippen LogP contribution is 2.33. The van der Waals surface area contributed by atoms with Crippen LogP contribution in [0.2, 0.25) is 5.02 Å². The van der Waals surface area contributed by atoms with E-state index in [4.69, 9.17) is 11.6 Å². The molecule has 0 spiro atoms. The van der Waals surface area contributed by atoms with E-state index in [9.17, 15) is 22.8 Å². The van der Waals surface area contributed by atoms with Crippen molar-refractivity contribution < 1.29 is 22.4 Å². The monoisotopic (exact) mass is 317 g/mol. The third-order valence-corrected chi connectivity index (χ3v) is 2.83. The van der Waals surface area contributed by atoms with Gasteiger partial charge in [0.25, 0.3) is 5.91 Å². The summed E-state index contributed by atoms with van der Waals surface area (Å²) in [4.78, 5) is 22.6. The Labute approximate surface area is 121 Å². The summed E-state index contributed by atoms with van der Waals surface area (Å²) >= 11 is 5.75. The van der Waals surface area contributed by atoms with E-state index in [0.29, 0.717) is 0 Å². The van der Waals surface area contributed by atoms with E-state index in [1.54, 1.807) is 0 Å². The van der Waals surface area contributed by atoms with Gasteiger partial charge in [-0.15, -0.1) is 0 Å². The summed E-state index contributed by atoms with van der Waals surface area (Å²) in [5.41, 5.74) is -1.81. The second kappa shape index (κ2) is 5.61. The lowest BCUT2D eigenvalue weighted by Crippen LogP contribution is -2.14. The quantitative estimate of drug-likeness (QED) is 0.921. The molecule has 4 nitrogen and oxygen atoms in total. The van der Waals surface area contributed by atoms with Crippen molar-refractivity contribution in [3.05, 3.63) is 63.2 Å². The first-order chi connectivity index (χ1) is 9.77. The molecule has 1 aromatic carbocycles. The summed E-state index contributed by atoms with van der Waals surface area (Å²) in [6.45, 7) is 0. The first-order valence-corrected chi connectivity index (χ1v) is 5.92. The molecule has 0 aliphatic rings. The van der Waals surface area contributed by atoms with Crippen LogP contribution in [0.3, 0.4) is 0 Å². The second-order valence-electron chi connectivity index (χ2n) is 3.99. The van der Waals surface area contributed by atoms with Crippen LogP contribution in [0.5, 0.6) is 0 Å². The number of carbonyl (C=O) groups is 1. The van der Waals surface area contributed by atoms with Crippen LogP contribution in [0, 0.1) is 0 Å². The highest BCUT2D eigenvalue weighted by molar-refractivity contribution is 6.34. The number of halogens is 4. The van der Waals surface area contributed by atoms with Crippen LogP contribution < -0.4 is 10.9 Å². The Morgan fingerprint density at radius 1 is 1.19 bits per heavy atom. The molecule has 8 heteroatoms. The summed E-state index contributed by atoms with van der Waals surface area (Å²) in [5, 5.41) is 2.18. The Hall–Kier alpha value is -2.28. The van der Waals surface area contributed by atoms with Gasteiger partial charge in [-0.2, -0.15) is 13.2 Å². The van der Waals surface area contributed by atoms with E-state index in [1.165, 1.54) is 6.07 Å². The zero-order chi connectivity index (χ0) is 15.6. The van der Waals surface area contributed by atoms with E-state index in [-0.39, 0.29) is 16.3 Å². The molecule has 110 valence electrons. The van der Waals surface area contributed by atoms with E-state index >= 15 is 0 Å². The van der Waals surface area contributed by atoms with E-state index in [2.05, 4.69) is 9.73 Å². The molecule has 0 atom stereocenters. The van der Waals surface area contributed by atoms with Crippen LogP contribution in [0.15, 0.2) is 45.8 Å². The van der Waals surface area contributed by atoms with Gasteiger partial charge < -0.3 is 9.73 Å². The lowest BCUT2D eigenvalue weighted by molar-refractivity contribution is -0.137. The molecular weight excluding hydrogens is 311 g/mol. The van der Waals surface area contributed by atoms with Crippen molar-refractivity contribution >= 4 is 23.2 Å². The summed E-state index contributed by atoms with van der Waals surface area (Å²) in [7, 11) is 0. The lowest BCUT2D eigenvalue weighted by atomic mass is 10.2. The van der Waals surface area contributed by atoms with Crippen molar-refractivity contribution in [3.63, 3.8) is 0 Å². The molecule has 0 aliphatic heterocycles. The minimum absolute atomic E-state index is 0.0249. The fourth-order valence-electron chi connectivity index (χ4n) is 1.48. The van der Waals surface area contributed by atoms with Crippen LogP contribution in [0.1, 0.15) is 15.9 Å². The normalized spacial score (nSPS) is 11.2.